The number of pyridine rings is 2. The fourth-order valence-electron chi connectivity index (χ4n) is 2.02. The zero-order valence-electron chi connectivity index (χ0n) is 12.0. The Morgan fingerprint density at radius 2 is 1.38 bits per heavy atom. The van der Waals surface area contributed by atoms with Crippen molar-refractivity contribution in [2.24, 2.45) is 0 Å². The van der Waals surface area contributed by atoms with Gasteiger partial charge in [0.05, 0.1) is 0 Å². The molecule has 21 heavy (non-hydrogen) atoms. The van der Waals surface area contributed by atoms with Gasteiger partial charge in [0.15, 0.2) is 0 Å². The minimum atomic E-state index is 0. The molecule has 0 aliphatic rings. The Morgan fingerprint density at radius 1 is 0.810 bits per heavy atom. The summed E-state index contributed by atoms with van der Waals surface area (Å²) in [4.78, 5) is 11.0. The predicted octanol–water partition coefficient (Wildman–Crippen LogP) is 0.619. The van der Waals surface area contributed by atoms with E-state index in [2.05, 4.69) is 33.1 Å². The first-order valence-electron chi connectivity index (χ1n) is 6.48. The van der Waals surface area contributed by atoms with Crippen molar-refractivity contribution in [3.05, 3.63) is 84.7 Å². The molecule has 3 rings (SSSR count). The molecule has 2 aromatic heterocycles. The van der Waals surface area contributed by atoms with Gasteiger partial charge < -0.3 is 4.90 Å². The summed E-state index contributed by atoms with van der Waals surface area (Å²) in [6.07, 6.45) is 3.59. The minimum absolute atomic E-state index is 0. The third-order valence-corrected chi connectivity index (χ3v) is 2.98. The number of nitrogens with zero attached hydrogens (tertiary/aromatic N) is 3. The standard InChI is InChI=1S/C17H14N3.Li/c1-2-8-15(9-3-1)14-20(16-10-4-6-12-18-16)17-11-5-7-13-19-17;/h2-13H,14H2;/q-1;+1. The second-order valence-corrected chi connectivity index (χ2v) is 4.37. The van der Waals surface area contributed by atoms with E-state index in [0.29, 0.717) is 0 Å². The van der Waals surface area contributed by atoms with Crippen molar-refractivity contribution in [3.63, 3.8) is 0 Å². The van der Waals surface area contributed by atoms with E-state index in [9.17, 15) is 0 Å². The third kappa shape index (κ3) is 3.95. The second-order valence-electron chi connectivity index (χ2n) is 4.37. The van der Waals surface area contributed by atoms with Crippen molar-refractivity contribution in [1.29, 1.82) is 0 Å². The predicted molar refractivity (Wildman–Crippen MR) is 79.6 cm³/mol. The van der Waals surface area contributed by atoms with Crippen molar-refractivity contribution < 1.29 is 18.9 Å². The van der Waals surface area contributed by atoms with Crippen LogP contribution in [0.1, 0.15) is 5.56 Å². The Morgan fingerprint density at radius 3 is 1.86 bits per heavy atom. The van der Waals surface area contributed by atoms with Crippen molar-refractivity contribution in [1.82, 2.24) is 9.97 Å². The SMILES string of the molecule is [Li+].[c-]1ccc(CN(c2ccccn2)c2ccccn2)cc1. The van der Waals surface area contributed by atoms with Gasteiger partial charge in [-0.15, -0.1) is 5.56 Å². The Hall–Kier alpha value is -2.08. The molecule has 0 amide bonds. The van der Waals surface area contributed by atoms with Gasteiger partial charge >= 0.3 is 18.9 Å². The fraction of sp³-hybridized carbons (Fsp3) is 0.0588. The molecule has 0 spiro atoms. The van der Waals surface area contributed by atoms with Crippen LogP contribution in [0.5, 0.6) is 0 Å². The second kappa shape index (κ2) is 7.63. The van der Waals surface area contributed by atoms with Gasteiger partial charge in [-0.1, -0.05) is 12.1 Å². The van der Waals surface area contributed by atoms with Gasteiger partial charge in [0, 0.05) is 18.9 Å². The van der Waals surface area contributed by atoms with Crippen molar-refractivity contribution in [2.75, 3.05) is 4.90 Å². The van der Waals surface area contributed by atoms with Crippen molar-refractivity contribution in [2.45, 2.75) is 6.54 Å². The quantitative estimate of drug-likeness (QED) is 0.512. The molecule has 0 bridgehead atoms. The van der Waals surface area contributed by atoms with Crippen LogP contribution >= 0.6 is 0 Å². The fourth-order valence-corrected chi connectivity index (χ4v) is 2.02. The molecule has 4 heteroatoms. The summed E-state index contributed by atoms with van der Waals surface area (Å²) < 4.78 is 0. The van der Waals surface area contributed by atoms with Gasteiger partial charge in [-0.05, 0) is 24.3 Å². The summed E-state index contributed by atoms with van der Waals surface area (Å²) in [6, 6.07) is 22.8. The van der Waals surface area contributed by atoms with Gasteiger partial charge in [0.1, 0.15) is 11.6 Å². The molecule has 0 radical (unpaired) electrons. The molecule has 0 aliphatic heterocycles. The normalized spacial score (nSPS) is 9.71. The molecule has 3 nitrogen and oxygen atoms in total. The Balaban J connectivity index is 0.00000161. The molecule has 2 heterocycles. The van der Waals surface area contributed by atoms with Gasteiger partial charge in [-0.2, -0.15) is 30.3 Å². The molecule has 0 aliphatic carbocycles. The number of anilines is 2. The third-order valence-electron chi connectivity index (χ3n) is 2.98. The molecule has 0 saturated heterocycles. The Labute approximate surface area is 136 Å². The first-order chi connectivity index (χ1) is 9.93. The summed E-state index contributed by atoms with van der Waals surface area (Å²) in [7, 11) is 0. The van der Waals surface area contributed by atoms with Crippen LogP contribution < -0.4 is 23.8 Å². The largest absolute Gasteiger partial charge is 1.00 e. The zero-order valence-corrected chi connectivity index (χ0v) is 12.0. The van der Waals surface area contributed by atoms with E-state index in [0.717, 1.165) is 18.2 Å². The molecule has 98 valence electrons. The summed E-state index contributed by atoms with van der Waals surface area (Å²) in [5.41, 5.74) is 1.19. The molecule has 0 saturated carbocycles. The van der Waals surface area contributed by atoms with Crippen LogP contribution in [0.3, 0.4) is 0 Å². The van der Waals surface area contributed by atoms with Gasteiger partial charge in [-0.3, -0.25) is 0 Å². The molecule has 0 N–H and O–H groups in total. The minimum Gasteiger partial charge on any atom is -0.309 e. The molecular formula is C17H14LiN3. The molecule has 0 unspecified atom stereocenters. The van der Waals surface area contributed by atoms with Crippen LogP contribution in [0.15, 0.2) is 73.1 Å². The molecule has 0 fully saturated rings. The van der Waals surface area contributed by atoms with E-state index in [-0.39, 0.29) is 18.9 Å². The number of hydrogen-bond acceptors (Lipinski definition) is 3. The van der Waals surface area contributed by atoms with Crippen LogP contribution in [-0.2, 0) is 6.54 Å². The van der Waals surface area contributed by atoms with E-state index in [4.69, 9.17) is 0 Å². The van der Waals surface area contributed by atoms with Crippen molar-refractivity contribution >= 4 is 11.6 Å². The molecule has 3 aromatic rings. The van der Waals surface area contributed by atoms with E-state index >= 15 is 0 Å². The maximum Gasteiger partial charge on any atom is 1.00 e. The maximum atomic E-state index is 4.43. The zero-order chi connectivity index (χ0) is 13.6. The van der Waals surface area contributed by atoms with E-state index < -0.39 is 0 Å². The smallest absolute Gasteiger partial charge is 0.309 e. The monoisotopic (exact) mass is 267 g/mol. The van der Waals surface area contributed by atoms with Gasteiger partial charge in [0.25, 0.3) is 0 Å². The molecule has 0 atom stereocenters. The summed E-state index contributed by atoms with van der Waals surface area (Å²) in [6.45, 7) is 0.725. The summed E-state index contributed by atoms with van der Waals surface area (Å²) in [5.74, 6) is 1.78. The molecular weight excluding hydrogens is 253 g/mol. The number of aromatic nitrogens is 2. The van der Waals surface area contributed by atoms with E-state index in [1.165, 1.54) is 5.56 Å². The van der Waals surface area contributed by atoms with Gasteiger partial charge in [-0.25, -0.2) is 9.97 Å². The average Bonchev–Trinajstić information content (AvgIpc) is 2.55. The van der Waals surface area contributed by atoms with E-state index in [1.54, 1.807) is 12.4 Å². The summed E-state index contributed by atoms with van der Waals surface area (Å²) in [5, 5.41) is 0. The molecule has 1 aromatic carbocycles. The first kappa shape index (κ1) is 15.3. The van der Waals surface area contributed by atoms with Crippen LogP contribution in [0, 0.1) is 6.07 Å². The topological polar surface area (TPSA) is 29.0 Å². The van der Waals surface area contributed by atoms with Crippen LogP contribution in [0.4, 0.5) is 11.6 Å². The summed E-state index contributed by atoms with van der Waals surface area (Å²) >= 11 is 0. The number of rotatable bonds is 4. The first-order valence-corrected chi connectivity index (χ1v) is 6.48. The Kier molecular flexibility index (Phi) is 5.57. The van der Waals surface area contributed by atoms with Crippen LogP contribution in [-0.4, -0.2) is 9.97 Å². The van der Waals surface area contributed by atoms with Gasteiger partial charge in [0.2, 0.25) is 0 Å². The van der Waals surface area contributed by atoms with Crippen LogP contribution in [0.25, 0.3) is 0 Å². The Bertz CT molecular complexity index is 605. The maximum absolute atomic E-state index is 4.43. The van der Waals surface area contributed by atoms with Crippen molar-refractivity contribution in [3.8, 4) is 0 Å². The number of benzene rings is 1. The number of hydrogen-bond donors (Lipinski definition) is 0. The van der Waals surface area contributed by atoms with Crippen LogP contribution in [0.2, 0.25) is 0 Å². The van der Waals surface area contributed by atoms with E-state index in [1.807, 2.05) is 48.5 Å². The average molecular weight is 267 g/mol.